The largest absolute Gasteiger partial charge is 0.412 e. The molecule has 1 atom stereocenters. The van der Waals surface area contributed by atoms with Gasteiger partial charge in [-0.25, -0.2) is 0 Å². The van der Waals surface area contributed by atoms with Gasteiger partial charge in [0.05, 0.1) is 0 Å². The van der Waals surface area contributed by atoms with E-state index in [0.29, 0.717) is 0 Å². The molecule has 1 unspecified atom stereocenters. The normalized spacial score (nSPS) is 13.4. The first-order chi connectivity index (χ1) is 6.64. The Hall–Kier alpha value is -0.120. The molecule has 0 radical (unpaired) electrons. The summed E-state index contributed by atoms with van der Waals surface area (Å²) in [5, 5.41) is 9.37. The van der Waals surface area contributed by atoms with E-state index in [1.165, 1.54) is 0 Å². The molecule has 0 saturated carbocycles. The third-order valence-corrected chi connectivity index (χ3v) is 3.10. The highest BCUT2D eigenvalue weighted by Crippen LogP contribution is 2.28. The fraction of sp³-hybridized carbons (Fsp3) is 1.00. The molecule has 0 aliphatic heterocycles. The molecule has 0 spiro atoms. The molecule has 0 heterocycles. The molecule has 5 N–H and O–H groups in total. The molecule has 15 heavy (non-hydrogen) atoms. The number of aliphatic hydroxyl groups excluding tert-OH is 1. The molecule has 0 rings (SSSR count). The van der Waals surface area contributed by atoms with Crippen LogP contribution in [0.1, 0.15) is 59.3 Å². The quantitative estimate of drug-likeness (QED) is 0.653. The molecule has 94 valence electrons. The van der Waals surface area contributed by atoms with Gasteiger partial charge < -0.3 is 16.3 Å². The van der Waals surface area contributed by atoms with Crippen LogP contribution in [-0.2, 0) is 0 Å². The van der Waals surface area contributed by atoms with Crippen molar-refractivity contribution in [1.82, 2.24) is 0 Å². The number of aliphatic hydroxyl groups is 1. The Labute approximate surface area is 94.4 Å². The number of hydrogen-bond acceptors (Lipinski definition) is 2. The van der Waals surface area contributed by atoms with Crippen LogP contribution in [0.3, 0.4) is 0 Å². The van der Waals surface area contributed by atoms with E-state index in [4.69, 9.17) is 5.73 Å². The van der Waals surface area contributed by atoms with Gasteiger partial charge in [0.25, 0.3) is 0 Å². The molecule has 0 aromatic heterocycles. The monoisotopic (exact) mass is 219 g/mol. The van der Waals surface area contributed by atoms with Crippen LogP contribution in [0.5, 0.6) is 0 Å². The Balaban J connectivity index is 0. The average Bonchev–Trinajstić information content (AvgIpc) is 2.14. The fourth-order valence-electron chi connectivity index (χ4n) is 2.37. The average molecular weight is 219 g/mol. The van der Waals surface area contributed by atoms with Crippen LogP contribution in [0.15, 0.2) is 0 Å². The second-order valence-electron chi connectivity index (χ2n) is 4.40. The van der Waals surface area contributed by atoms with Gasteiger partial charge in [0.1, 0.15) is 0 Å². The van der Waals surface area contributed by atoms with Crippen molar-refractivity contribution in [2.24, 2.45) is 11.7 Å². The minimum absolute atomic E-state index is 0. The predicted molar refractivity (Wildman–Crippen MR) is 65.8 cm³/mol. The third-order valence-electron chi connectivity index (χ3n) is 3.10. The SMILES string of the molecule is CCCC(CO)C(N)(CCC)CCC.O. The van der Waals surface area contributed by atoms with Gasteiger partial charge in [-0.2, -0.15) is 0 Å². The van der Waals surface area contributed by atoms with E-state index < -0.39 is 0 Å². The van der Waals surface area contributed by atoms with Crippen molar-refractivity contribution in [3.05, 3.63) is 0 Å². The Morgan fingerprint density at radius 3 is 1.80 bits per heavy atom. The minimum atomic E-state index is -0.131. The molecular formula is C12H29NO2. The lowest BCUT2D eigenvalue weighted by molar-refractivity contribution is 0.126. The molecule has 0 aliphatic rings. The molecule has 0 aliphatic carbocycles. The fourth-order valence-corrected chi connectivity index (χ4v) is 2.37. The maximum atomic E-state index is 9.37. The lowest BCUT2D eigenvalue weighted by atomic mass is 9.76. The van der Waals surface area contributed by atoms with Crippen molar-refractivity contribution in [3.63, 3.8) is 0 Å². The molecule has 0 fully saturated rings. The smallest absolute Gasteiger partial charge is 0.0476 e. The Bertz CT molecular complexity index is 134. The maximum absolute atomic E-state index is 9.37. The van der Waals surface area contributed by atoms with Crippen molar-refractivity contribution in [3.8, 4) is 0 Å². The van der Waals surface area contributed by atoms with Gasteiger partial charge in [0, 0.05) is 12.1 Å². The highest BCUT2D eigenvalue weighted by Gasteiger charge is 2.31. The van der Waals surface area contributed by atoms with Crippen LogP contribution >= 0.6 is 0 Å². The first-order valence-corrected chi connectivity index (χ1v) is 6.04. The Kier molecular flexibility index (Phi) is 10.5. The summed E-state index contributed by atoms with van der Waals surface area (Å²) < 4.78 is 0. The lowest BCUT2D eigenvalue weighted by Crippen LogP contribution is -2.48. The summed E-state index contributed by atoms with van der Waals surface area (Å²) in [5.74, 6) is 0.285. The van der Waals surface area contributed by atoms with Crippen LogP contribution in [-0.4, -0.2) is 22.7 Å². The minimum Gasteiger partial charge on any atom is -0.412 e. The van der Waals surface area contributed by atoms with Crippen molar-refractivity contribution in [1.29, 1.82) is 0 Å². The predicted octanol–water partition coefficient (Wildman–Crippen LogP) is 1.87. The van der Waals surface area contributed by atoms with Crippen LogP contribution in [0.25, 0.3) is 0 Å². The summed E-state index contributed by atoms with van der Waals surface area (Å²) in [5.41, 5.74) is 6.27. The molecule has 0 bridgehead atoms. The lowest BCUT2D eigenvalue weighted by Gasteiger charge is -2.36. The highest BCUT2D eigenvalue weighted by atomic mass is 16.3. The van der Waals surface area contributed by atoms with Gasteiger partial charge in [-0.15, -0.1) is 0 Å². The maximum Gasteiger partial charge on any atom is 0.0476 e. The van der Waals surface area contributed by atoms with Crippen molar-refractivity contribution >= 4 is 0 Å². The number of hydrogen-bond donors (Lipinski definition) is 2. The zero-order valence-electron chi connectivity index (χ0n) is 10.6. The zero-order chi connectivity index (χ0) is 11.0. The summed E-state index contributed by atoms with van der Waals surface area (Å²) in [6, 6.07) is 0. The van der Waals surface area contributed by atoms with Crippen molar-refractivity contribution < 1.29 is 10.6 Å². The first-order valence-electron chi connectivity index (χ1n) is 6.04. The second-order valence-corrected chi connectivity index (χ2v) is 4.40. The summed E-state index contributed by atoms with van der Waals surface area (Å²) in [7, 11) is 0. The number of rotatable bonds is 8. The molecular weight excluding hydrogens is 190 g/mol. The molecule has 0 saturated heterocycles. The van der Waals surface area contributed by atoms with Crippen LogP contribution in [0, 0.1) is 5.92 Å². The van der Waals surface area contributed by atoms with E-state index in [-0.39, 0.29) is 23.5 Å². The molecule has 0 aromatic rings. The molecule has 0 amide bonds. The Morgan fingerprint density at radius 1 is 1.07 bits per heavy atom. The standard InChI is InChI=1S/C12H27NO.H2O/c1-4-7-11(10-14)12(13,8-5-2)9-6-3;/h11,14H,4-10,13H2,1-3H3;1H2. The van der Waals surface area contributed by atoms with E-state index >= 15 is 0 Å². The van der Waals surface area contributed by atoms with Crippen LogP contribution < -0.4 is 5.73 Å². The topological polar surface area (TPSA) is 77.8 Å². The van der Waals surface area contributed by atoms with Gasteiger partial charge >= 0.3 is 0 Å². The van der Waals surface area contributed by atoms with Gasteiger partial charge in [-0.1, -0.05) is 40.0 Å². The summed E-state index contributed by atoms with van der Waals surface area (Å²) >= 11 is 0. The van der Waals surface area contributed by atoms with Crippen LogP contribution in [0.2, 0.25) is 0 Å². The van der Waals surface area contributed by atoms with E-state index in [0.717, 1.165) is 38.5 Å². The van der Waals surface area contributed by atoms with Gasteiger partial charge in [-0.3, -0.25) is 0 Å². The third kappa shape index (κ3) is 5.50. The van der Waals surface area contributed by atoms with Crippen molar-refractivity contribution in [2.75, 3.05) is 6.61 Å². The first kappa shape index (κ1) is 17.3. The van der Waals surface area contributed by atoms with Crippen molar-refractivity contribution in [2.45, 2.75) is 64.8 Å². The molecule has 0 aromatic carbocycles. The van der Waals surface area contributed by atoms with Crippen LogP contribution in [0.4, 0.5) is 0 Å². The van der Waals surface area contributed by atoms with E-state index in [9.17, 15) is 5.11 Å². The molecule has 3 heteroatoms. The van der Waals surface area contributed by atoms with E-state index in [1.54, 1.807) is 0 Å². The summed E-state index contributed by atoms with van der Waals surface area (Å²) in [4.78, 5) is 0. The zero-order valence-corrected chi connectivity index (χ0v) is 10.6. The number of nitrogens with two attached hydrogens (primary N) is 1. The van der Waals surface area contributed by atoms with Gasteiger partial charge in [0.15, 0.2) is 0 Å². The summed E-state index contributed by atoms with van der Waals surface area (Å²) in [6.07, 6.45) is 6.44. The van der Waals surface area contributed by atoms with E-state index in [2.05, 4.69) is 20.8 Å². The Morgan fingerprint density at radius 2 is 1.53 bits per heavy atom. The highest BCUT2D eigenvalue weighted by molar-refractivity contribution is 4.90. The van der Waals surface area contributed by atoms with E-state index in [1.807, 2.05) is 0 Å². The van der Waals surface area contributed by atoms with Gasteiger partial charge in [0.2, 0.25) is 0 Å². The summed E-state index contributed by atoms with van der Waals surface area (Å²) in [6.45, 7) is 6.72. The second kappa shape index (κ2) is 9.13. The molecule has 3 nitrogen and oxygen atoms in total. The van der Waals surface area contributed by atoms with Gasteiger partial charge in [-0.05, 0) is 25.2 Å².